The minimum absolute atomic E-state index is 0.315. The molecule has 0 unspecified atom stereocenters. The van der Waals surface area contributed by atoms with Crippen molar-refractivity contribution < 1.29 is 4.79 Å². The third-order valence-corrected chi connectivity index (χ3v) is 2.19. The maximum atomic E-state index is 10.4. The second-order valence-electron chi connectivity index (χ2n) is 3.03. The van der Waals surface area contributed by atoms with Gasteiger partial charge in [-0.25, -0.2) is 9.97 Å². The number of aldehydes is 1. The number of carbonyl (C=O) groups excluding carboxylic acids is 1. The van der Waals surface area contributed by atoms with Crippen molar-refractivity contribution in [2.75, 3.05) is 0 Å². The van der Waals surface area contributed by atoms with Crippen LogP contribution in [0.25, 0.3) is 0 Å². The maximum Gasteiger partial charge on any atom is 0.192 e. The molecule has 0 radical (unpaired) electrons. The van der Waals surface area contributed by atoms with Crippen LogP contribution < -0.4 is 0 Å². The Labute approximate surface area is 70.9 Å². The van der Waals surface area contributed by atoms with Crippen LogP contribution in [0.3, 0.4) is 0 Å². The lowest BCUT2D eigenvalue weighted by molar-refractivity contribution is 0.111. The van der Waals surface area contributed by atoms with E-state index in [-0.39, 0.29) is 0 Å². The molecular weight excluding hydrogens is 152 g/mol. The molecule has 1 aliphatic carbocycles. The highest BCUT2D eigenvalue weighted by Gasteiger charge is 2.10. The van der Waals surface area contributed by atoms with Crippen LogP contribution in [0.5, 0.6) is 0 Å². The molecule has 1 heterocycles. The van der Waals surface area contributed by atoms with Crippen LogP contribution in [-0.2, 0) is 12.8 Å². The van der Waals surface area contributed by atoms with Gasteiger partial charge in [-0.2, -0.15) is 0 Å². The van der Waals surface area contributed by atoms with Gasteiger partial charge in [-0.05, 0) is 31.2 Å². The summed E-state index contributed by atoms with van der Waals surface area (Å²) < 4.78 is 0. The Balaban J connectivity index is 2.42. The Hall–Kier alpha value is -1.25. The lowest BCUT2D eigenvalue weighted by Crippen LogP contribution is -2.08. The number of carbonyl (C=O) groups is 1. The summed E-state index contributed by atoms with van der Waals surface area (Å²) >= 11 is 0. The fraction of sp³-hybridized carbons (Fsp3) is 0.444. The third-order valence-electron chi connectivity index (χ3n) is 2.19. The van der Waals surface area contributed by atoms with Crippen LogP contribution in [0.1, 0.15) is 34.7 Å². The lowest BCUT2D eigenvalue weighted by atomic mass is 9.98. The van der Waals surface area contributed by atoms with Gasteiger partial charge in [0, 0.05) is 11.9 Å². The van der Waals surface area contributed by atoms with Crippen molar-refractivity contribution in [3.8, 4) is 0 Å². The standard InChI is InChI=1S/C9H10N2O/c12-6-9-10-5-7-3-1-2-4-8(7)11-9/h5-6H,1-4H2. The molecule has 0 bridgehead atoms. The summed E-state index contributed by atoms with van der Waals surface area (Å²) in [6, 6.07) is 0. The van der Waals surface area contributed by atoms with Gasteiger partial charge < -0.3 is 0 Å². The number of hydrogen-bond donors (Lipinski definition) is 0. The van der Waals surface area contributed by atoms with E-state index >= 15 is 0 Å². The Bertz CT molecular complexity index is 309. The molecule has 1 aliphatic rings. The summed E-state index contributed by atoms with van der Waals surface area (Å²) in [5.41, 5.74) is 2.28. The molecular formula is C9H10N2O. The highest BCUT2D eigenvalue weighted by Crippen LogP contribution is 2.17. The first-order valence-electron chi connectivity index (χ1n) is 4.20. The molecule has 0 amide bonds. The molecule has 0 fully saturated rings. The van der Waals surface area contributed by atoms with Crippen LogP contribution in [0.15, 0.2) is 6.20 Å². The zero-order valence-corrected chi connectivity index (χ0v) is 6.79. The van der Waals surface area contributed by atoms with Crippen molar-refractivity contribution in [2.45, 2.75) is 25.7 Å². The average molecular weight is 162 g/mol. The van der Waals surface area contributed by atoms with Crippen LogP contribution in [-0.4, -0.2) is 16.3 Å². The average Bonchev–Trinajstić information content (AvgIpc) is 2.17. The van der Waals surface area contributed by atoms with E-state index in [0.717, 1.165) is 18.5 Å². The van der Waals surface area contributed by atoms with E-state index in [1.165, 1.54) is 18.4 Å². The van der Waals surface area contributed by atoms with Gasteiger partial charge >= 0.3 is 0 Å². The van der Waals surface area contributed by atoms with Gasteiger partial charge in [0.15, 0.2) is 12.1 Å². The molecule has 0 spiro atoms. The predicted octanol–water partition coefficient (Wildman–Crippen LogP) is 1.17. The monoisotopic (exact) mass is 162 g/mol. The topological polar surface area (TPSA) is 42.9 Å². The van der Waals surface area contributed by atoms with E-state index in [1.54, 1.807) is 6.20 Å². The summed E-state index contributed by atoms with van der Waals surface area (Å²) in [6.45, 7) is 0. The van der Waals surface area contributed by atoms with E-state index in [4.69, 9.17) is 0 Å². The minimum atomic E-state index is 0.315. The highest BCUT2D eigenvalue weighted by atomic mass is 16.1. The van der Waals surface area contributed by atoms with E-state index in [9.17, 15) is 4.79 Å². The Morgan fingerprint density at radius 3 is 3.00 bits per heavy atom. The third kappa shape index (κ3) is 1.22. The zero-order valence-electron chi connectivity index (χ0n) is 6.79. The van der Waals surface area contributed by atoms with Crippen molar-refractivity contribution >= 4 is 6.29 Å². The molecule has 0 saturated heterocycles. The zero-order chi connectivity index (χ0) is 8.39. The fourth-order valence-electron chi connectivity index (χ4n) is 1.55. The normalized spacial score (nSPS) is 15.3. The van der Waals surface area contributed by atoms with Crippen molar-refractivity contribution in [3.63, 3.8) is 0 Å². The maximum absolute atomic E-state index is 10.4. The molecule has 2 rings (SSSR count). The van der Waals surface area contributed by atoms with Crippen molar-refractivity contribution in [1.82, 2.24) is 9.97 Å². The van der Waals surface area contributed by atoms with Crippen LogP contribution in [0.4, 0.5) is 0 Å². The Morgan fingerprint density at radius 1 is 1.33 bits per heavy atom. The van der Waals surface area contributed by atoms with E-state index in [0.29, 0.717) is 12.1 Å². The molecule has 0 saturated carbocycles. The molecule has 62 valence electrons. The molecule has 1 aromatic rings. The first kappa shape index (κ1) is 7.40. The van der Waals surface area contributed by atoms with Crippen LogP contribution in [0, 0.1) is 0 Å². The van der Waals surface area contributed by atoms with Crippen molar-refractivity contribution in [1.29, 1.82) is 0 Å². The molecule has 3 nitrogen and oxygen atoms in total. The number of rotatable bonds is 1. The lowest BCUT2D eigenvalue weighted by Gasteiger charge is -2.13. The second-order valence-corrected chi connectivity index (χ2v) is 3.03. The number of aryl methyl sites for hydroxylation is 2. The van der Waals surface area contributed by atoms with E-state index in [2.05, 4.69) is 9.97 Å². The summed E-state index contributed by atoms with van der Waals surface area (Å²) in [7, 11) is 0. The fourth-order valence-corrected chi connectivity index (χ4v) is 1.55. The van der Waals surface area contributed by atoms with E-state index in [1.807, 2.05) is 0 Å². The number of nitrogens with zero attached hydrogens (tertiary/aromatic N) is 2. The summed E-state index contributed by atoms with van der Waals surface area (Å²) in [6.07, 6.45) is 6.95. The number of aromatic nitrogens is 2. The first-order valence-corrected chi connectivity index (χ1v) is 4.20. The predicted molar refractivity (Wildman–Crippen MR) is 44.1 cm³/mol. The largest absolute Gasteiger partial charge is 0.294 e. The summed E-state index contributed by atoms with van der Waals surface area (Å²) in [5.74, 6) is 0.315. The number of hydrogen-bond acceptors (Lipinski definition) is 3. The number of fused-ring (bicyclic) bond motifs is 1. The summed E-state index contributed by atoms with van der Waals surface area (Å²) in [5, 5.41) is 0. The van der Waals surface area contributed by atoms with Gasteiger partial charge in [-0.1, -0.05) is 0 Å². The molecule has 3 heteroatoms. The molecule has 0 atom stereocenters. The van der Waals surface area contributed by atoms with Gasteiger partial charge in [0.2, 0.25) is 0 Å². The van der Waals surface area contributed by atoms with E-state index < -0.39 is 0 Å². The quantitative estimate of drug-likeness (QED) is 0.582. The highest BCUT2D eigenvalue weighted by molar-refractivity contribution is 5.68. The van der Waals surface area contributed by atoms with Crippen LogP contribution >= 0.6 is 0 Å². The smallest absolute Gasteiger partial charge is 0.192 e. The molecule has 0 N–H and O–H groups in total. The van der Waals surface area contributed by atoms with Crippen LogP contribution in [0.2, 0.25) is 0 Å². The molecule has 0 aromatic carbocycles. The van der Waals surface area contributed by atoms with Gasteiger partial charge in [-0.15, -0.1) is 0 Å². The summed E-state index contributed by atoms with van der Waals surface area (Å²) in [4.78, 5) is 18.5. The van der Waals surface area contributed by atoms with Crippen molar-refractivity contribution in [3.05, 3.63) is 23.3 Å². The van der Waals surface area contributed by atoms with Gasteiger partial charge in [0.05, 0.1) is 0 Å². The van der Waals surface area contributed by atoms with Crippen molar-refractivity contribution in [2.24, 2.45) is 0 Å². The minimum Gasteiger partial charge on any atom is -0.294 e. The molecule has 0 aliphatic heterocycles. The Morgan fingerprint density at radius 2 is 2.17 bits per heavy atom. The van der Waals surface area contributed by atoms with Gasteiger partial charge in [-0.3, -0.25) is 4.79 Å². The van der Waals surface area contributed by atoms with Gasteiger partial charge in [0.1, 0.15) is 0 Å². The Kier molecular flexibility index (Phi) is 1.86. The molecule has 1 aromatic heterocycles. The SMILES string of the molecule is O=Cc1ncc2c(n1)CCCC2. The second kappa shape index (κ2) is 3.01. The first-order chi connectivity index (χ1) is 5.90. The molecule has 12 heavy (non-hydrogen) atoms. The van der Waals surface area contributed by atoms with Gasteiger partial charge in [0.25, 0.3) is 0 Å².